The van der Waals surface area contributed by atoms with Crippen LogP contribution in [-0.4, -0.2) is 24.3 Å². The van der Waals surface area contributed by atoms with E-state index in [2.05, 4.69) is 0 Å². The van der Waals surface area contributed by atoms with Crippen LogP contribution >= 0.6 is 11.6 Å². The van der Waals surface area contributed by atoms with Crippen LogP contribution in [0, 0.1) is 5.41 Å². The molecule has 1 aliphatic rings. The molecule has 0 aromatic heterocycles. The highest BCUT2D eigenvalue weighted by Gasteiger charge is 2.52. The fraction of sp³-hybridized carbons (Fsp3) is 0.476. The van der Waals surface area contributed by atoms with E-state index >= 15 is 0 Å². The second kappa shape index (κ2) is 6.51. The van der Waals surface area contributed by atoms with Crippen LogP contribution in [0.3, 0.4) is 0 Å². The molecule has 27 heavy (non-hydrogen) atoms. The predicted molar refractivity (Wildman–Crippen MR) is 110 cm³/mol. The van der Waals surface area contributed by atoms with Gasteiger partial charge >= 0.3 is 13.1 Å². The minimum Gasteiger partial charge on any atom is -0.426 e. The first-order chi connectivity index (χ1) is 12.3. The van der Waals surface area contributed by atoms with Gasteiger partial charge in [0.25, 0.3) is 0 Å². The summed E-state index contributed by atoms with van der Waals surface area (Å²) in [5, 5.41) is 2.31. The number of fused-ring (bicyclic) bond motifs is 1. The Bertz CT molecular complexity index is 883. The number of carbonyl (C=O) groups excluding carboxylic acids is 1. The number of halogens is 1. The normalized spacial score (nSPS) is 18.7. The third-order valence-corrected chi connectivity index (χ3v) is 5.58. The summed E-state index contributed by atoms with van der Waals surface area (Å²) in [6, 6.07) is 9.25. The van der Waals surface area contributed by atoms with Crippen molar-refractivity contribution < 1.29 is 18.8 Å². The van der Waals surface area contributed by atoms with E-state index in [1.165, 1.54) is 0 Å². The quantitative estimate of drug-likeness (QED) is 0.423. The van der Waals surface area contributed by atoms with Crippen LogP contribution in [0.1, 0.15) is 48.5 Å². The summed E-state index contributed by atoms with van der Waals surface area (Å²) < 4.78 is 18.1. The van der Waals surface area contributed by atoms with Crippen molar-refractivity contribution in [1.29, 1.82) is 0 Å². The van der Waals surface area contributed by atoms with Gasteiger partial charge in [-0.25, -0.2) is 0 Å². The summed E-state index contributed by atoms with van der Waals surface area (Å²) in [7, 11) is -0.606. The number of benzene rings is 2. The molecule has 0 aliphatic carbocycles. The minimum absolute atomic E-state index is 0.302. The van der Waals surface area contributed by atoms with Crippen LogP contribution in [0.15, 0.2) is 30.3 Å². The lowest BCUT2D eigenvalue weighted by Crippen LogP contribution is -2.41. The summed E-state index contributed by atoms with van der Waals surface area (Å²) in [6.45, 7) is 13.5. The van der Waals surface area contributed by atoms with E-state index in [0.29, 0.717) is 10.8 Å². The third kappa shape index (κ3) is 3.73. The maximum absolute atomic E-state index is 12.4. The number of hydrogen-bond acceptors (Lipinski definition) is 4. The predicted octanol–water partition coefficient (Wildman–Crippen LogP) is 4.74. The molecule has 1 heterocycles. The van der Waals surface area contributed by atoms with Gasteiger partial charge < -0.3 is 14.0 Å². The molecule has 0 amide bonds. The molecule has 1 saturated heterocycles. The number of carbonyl (C=O) groups is 1. The monoisotopic (exact) mass is 388 g/mol. The van der Waals surface area contributed by atoms with Crippen molar-refractivity contribution >= 4 is 40.9 Å². The first-order valence-corrected chi connectivity index (χ1v) is 9.50. The second-order valence-electron chi connectivity index (χ2n) is 9.08. The number of ether oxygens (including phenoxy) is 1. The Balaban J connectivity index is 2.12. The molecular formula is C21H26BClO4. The summed E-state index contributed by atoms with van der Waals surface area (Å²) in [5.41, 5.74) is -0.811. The maximum atomic E-state index is 12.4. The maximum Gasteiger partial charge on any atom is 0.495 e. The lowest BCUT2D eigenvalue weighted by atomic mass is 9.76. The summed E-state index contributed by atoms with van der Waals surface area (Å²) in [5.74, 6) is 0.151. The van der Waals surface area contributed by atoms with Crippen LogP contribution in [0.2, 0.25) is 5.02 Å². The zero-order valence-electron chi connectivity index (χ0n) is 17.0. The molecule has 6 heteroatoms. The largest absolute Gasteiger partial charge is 0.495 e. The smallest absolute Gasteiger partial charge is 0.426 e. The van der Waals surface area contributed by atoms with Gasteiger partial charge in [-0.15, -0.1) is 0 Å². The molecule has 1 fully saturated rings. The summed E-state index contributed by atoms with van der Waals surface area (Å²) >= 11 is 6.49. The topological polar surface area (TPSA) is 44.8 Å². The third-order valence-electron chi connectivity index (χ3n) is 5.26. The van der Waals surface area contributed by atoms with Crippen LogP contribution in [0.5, 0.6) is 5.75 Å². The van der Waals surface area contributed by atoms with Crippen molar-refractivity contribution in [3.63, 3.8) is 0 Å². The SMILES string of the molecule is CC(C)(C)C(=O)Oc1cc(B2OC(C)(C)C(C)(C)O2)c2c(Cl)cccc2c1. The van der Waals surface area contributed by atoms with E-state index in [1.54, 1.807) is 6.07 Å². The Hall–Kier alpha value is -1.56. The molecule has 0 spiro atoms. The van der Waals surface area contributed by atoms with Gasteiger partial charge in [-0.3, -0.25) is 4.79 Å². The molecule has 0 N–H and O–H groups in total. The van der Waals surface area contributed by atoms with E-state index in [1.807, 2.05) is 72.7 Å². The zero-order valence-corrected chi connectivity index (χ0v) is 17.7. The Morgan fingerprint density at radius 2 is 1.67 bits per heavy atom. The summed E-state index contributed by atoms with van der Waals surface area (Å²) in [4.78, 5) is 12.4. The highest BCUT2D eigenvalue weighted by Crippen LogP contribution is 2.38. The van der Waals surface area contributed by atoms with Gasteiger partial charge in [0, 0.05) is 10.4 Å². The molecule has 1 aliphatic heterocycles. The number of esters is 1. The Morgan fingerprint density at radius 1 is 1.07 bits per heavy atom. The van der Waals surface area contributed by atoms with Gasteiger partial charge in [-0.05, 0) is 77.5 Å². The van der Waals surface area contributed by atoms with Gasteiger partial charge in [0.05, 0.1) is 16.6 Å². The lowest BCUT2D eigenvalue weighted by molar-refractivity contribution is -0.142. The van der Waals surface area contributed by atoms with Crippen molar-refractivity contribution in [3.8, 4) is 5.75 Å². The molecular weight excluding hydrogens is 362 g/mol. The Morgan fingerprint density at radius 3 is 2.22 bits per heavy atom. The lowest BCUT2D eigenvalue weighted by Gasteiger charge is -2.32. The molecule has 2 aromatic rings. The molecule has 3 rings (SSSR count). The first-order valence-electron chi connectivity index (χ1n) is 9.12. The Labute approximate surface area is 166 Å². The average Bonchev–Trinajstić information content (AvgIpc) is 2.74. The fourth-order valence-electron chi connectivity index (χ4n) is 2.86. The molecule has 0 atom stereocenters. The standard InChI is InChI=1S/C21H26BClO4/c1-19(2,3)18(24)25-14-11-13-9-8-10-16(23)17(13)15(12-14)22-26-20(4,5)21(6,7)27-22/h8-12H,1-7H3. The van der Waals surface area contributed by atoms with Crippen molar-refractivity contribution in [3.05, 3.63) is 35.4 Å². The van der Waals surface area contributed by atoms with Crippen LogP contribution in [0.4, 0.5) is 0 Å². The molecule has 0 bridgehead atoms. The van der Waals surface area contributed by atoms with E-state index in [0.717, 1.165) is 16.2 Å². The van der Waals surface area contributed by atoms with Crippen molar-refractivity contribution in [2.24, 2.45) is 5.41 Å². The first kappa shape index (κ1) is 20.2. The van der Waals surface area contributed by atoms with Gasteiger partial charge in [0.15, 0.2) is 0 Å². The average molecular weight is 389 g/mol. The molecule has 4 nitrogen and oxygen atoms in total. The van der Waals surface area contributed by atoms with Crippen molar-refractivity contribution in [2.45, 2.75) is 59.7 Å². The molecule has 0 saturated carbocycles. The van der Waals surface area contributed by atoms with Crippen LogP contribution in [0.25, 0.3) is 10.8 Å². The van der Waals surface area contributed by atoms with Crippen LogP contribution < -0.4 is 10.2 Å². The zero-order chi connectivity index (χ0) is 20.2. The van der Waals surface area contributed by atoms with Gasteiger partial charge in [0.1, 0.15) is 5.75 Å². The summed E-state index contributed by atoms with van der Waals surface area (Å²) in [6.07, 6.45) is 0. The van der Waals surface area contributed by atoms with E-state index < -0.39 is 23.7 Å². The van der Waals surface area contributed by atoms with Gasteiger partial charge in [0.2, 0.25) is 0 Å². The minimum atomic E-state index is -0.606. The highest BCUT2D eigenvalue weighted by atomic mass is 35.5. The second-order valence-corrected chi connectivity index (χ2v) is 9.49. The molecule has 0 unspecified atom stereocenters. The van der Waals surface area contributed by atoms with E-state index in [4.69, 9.17) is 25.6 Å². The molecule has 2 aromatic carbocycles. The van der Waals surface area contributed by atoms with Crippen molar-refractivity contribution in [1.82, 2.24) is 0 Å². The van der Waals surface area contributed by atoms with E-state index in [-0.39, 0.29) is 5.97 Å². The van der Waals surface area contributed by atoms with Crippen molar-refractivity contribution in [2.75, 3.05) is 0 Å². The van der Waals surface area contributed by atoms with E-state index in [9.17, 15) is 4.79 Å². The number of hydrogen-bond donors (Lipinski definition) is 0. The fourth-order valence-corrected chi connectivity index (χ4v) is 3.15. The molecule has 0 radical (unpaired) electrons. The number of rotatable bonds is 2. The van der Waals surface area contributed by atoms with Crippen LogP contribution in [-0.2, 0) is 14.1 Å². The van der Waals surface area contributed by atoms with Gasteiger partial charge in [-0.1, -0.05) is 23.7 Å². The molecule has 144 valence electrons. The Kier molecular flexibility index (Phi) is 4.86. The highest BCUT2D eigenvalue weighted by molar-refractivity contribution is 6.66. The van der Waals surface area contributed by atoms with Gasteiger partial charge in [-0.2, -0.15) is 0 Å².